The van der Waals surface area contributed by atoms with Gasteiger partial charge in [0.1, 0.15) is 0 Å². The van der Waals surface area contributed by atoms with Crippen LogP contribution in [-0.2, 0) is 3.43 Å². The summed E-state index contributed by atoms with van der Waals surface area (Å²) in [4.78, 5) is 0. The van der Waals surface area contributed by atoms with Crippen LogP contribution in [-0.4, -0.2) is 22.5 Å². The molecule has 2 aromatic rings. The minimum absolute atomic E-state index is 0. The fourth-order valence-corrected chi connectivity index (χ4v) is 2.66. The summed E-state index contributed by atoms with van der Waals surface area (Å²) in [6.45, 7) is 2.30. The third-order valence-corrected chi connectivity index (χ3v) is 4.35. The van der Waals surface area contributed by atoms with Crippen molar-refractivity contribution in [2.45, 2.75) is 10.4 Å². The molecule has 0 aliphatic rings. The van der Waals surface area contributed by atoms with E-state index in [0.717, 1.165) is 0 Å². The molecule has 0 aliphatic carbocycles. The molecular weight excluding hydrogens is 414 g/mol. The second kappa shape index (κ2) is 6.05. The molecular formula is C14H14ISn. The Hall–Kier alpha value is -0.0313. The fourth-order valence-electron chi connectivity index (χ4n) is 1.71. The van der Waals surface area contributed by atoms with Crippen LogP contribution in [0, 0.1) is 0 Å². The van der Waals surface area contributed by atoms with E-state index in [4.69, 9.17) is 0 Å². The summed E-state index contributed by atoms with van der Waals surface area (Å²) < 4.78 is 0.176. The molecule has 2 aromatic carbocycles. The van der Waals surface area contributed by atoms with E-state index in [1.165, 1.54) is 33.7 Å². The number of rotatable bonds is 2. The third-order valence-electron chi connectivity index (χ3n) is 2.70. The molecule has 0 fully saturated rings. The minimum Gasteiger partial charge on any atom is -0.107 e. The van der Waals surface area contributed by atoms with Crippen molar-refractivity contribution in [1.29, 1.82) is 0 Å². The van der Waals surface area contributed by atoms with E-state index < -0.39 is 0 Å². The van der Waals surface area contributed by atoms with Crippen LogP contribution in [0.5, 0.6) is 0 Å². The Morgan fingerprint density at radius 2 is 1.06 bits per heavy atom. The van der Waals surface area contributed by atoms with Crippen LogP contribution in [0.3, 0.4) is 0 Å². The maximum absolute atomic E-state index is 2.30. The van der Waals surface area contributed by atoms with Crippen LogP contribution in [0.25, 0.3) is 0 Å². The Morgan fingerprint density at radius 1 is 0.750 bits per heavy atom. The largest absolute Gasteiger partial charge is 0.107 e. The van der Waals surface area contributed by atoms with Crippen LogP contribution in [0.1, 0.15) is 18.1 Å². The first kappa shape index (κ1) is 14.0. The molecule has 2 rings (SSSR count). The van der Waals surface area contributed by atoms with Gasteiger partial charge in [0.2, 0.25) is 0 Å². The Kier molecular flexibility index (Phi) is 5.31. The van der Waals surface area contributed by atoms with Gasteiger partial charge in [-0.25, -0.2) is 0 Å². The summed E-state index contributed by atoms with van der Waals surface area (Å²) in [5.41, 5.74) is 2.80. The normalized spacial score (nSPS) is 10.6. The van der Waals surface area contributed by atoms with E-state index in [2.05, 4.69) is 67.6 Å². The molecule has 0 saturated heterocycles. The van der Waals surface area contributed by atoms with Crippen molar-refractivity contribution in [3.8, 4) is 0 Å². The molecule has 3 radical (unpaired) electrons. The van der Waals surface area contributed by atoms with Crippen molar-refractivity contribution in [3.63, 3.8) is 0 Å². The van der Waals surface area contributed by atoms with Crippen LogP contribution in [0.15, 0.2) is 60.7 Å². The van der Waals surface area contributed by atoms with Crippen molar-refractivity contribution < 1.29 is 0 Å². The van der Waals surface area contributed by atoms with Gasteiger partial charge in [-0.15, -0.1) is 24.0 Å². The molecule has 0 nitrogen and oxygen atoms in total. The van der Waals surface area contributed by atoms with Gasteiger partial charge in [0, 0.05) is 0 Å². The van der Waals surface area contributed by atoms with Gasteiger partial charge < -0.3 is 0 Å². The Labute approximate surface area is 128 Å². The van der Waals surface area contributed by atoms with Crippen molar-refractivity contribution in [2.24, 2.45) is 0 Å². The average molecular weight is 428 g/mol. The molecule has 0 aromatic heterocycles. The number of hydrogen-bond acceptors (Lipinski definition) is 0. The summed E-state index contributed by atoms with van der Waals surface area (Å²) in [5.74, 6) is 0. The zero-order valence-electron chi connectivity index (χ0n) is 9.18. The Bertz CT molecular complexity index is 382. The SMILES string of the molecule is C[C]([Sn])(c1ccccc1)c1ccccc1.I. The van der Waals surface area contributed by atoms with Crippen molar-refractivity contribution in [1.82, 2.24) is 0 Å². The average Bonchev–Trinajstić information content (AvgIpc) is 2.31. The topological polar surface area (TPSA) is 0 Å². The van der Waals surface area contributed by atoms with Crippen LogP contribution in [0.4, 0.5) is 0 Å². The first-order valence-electron chi connectivity index (χ1n) is 5.07. The molecule has 0 aliphatic heterocycles. The fraction of sp³-hybridized carbons (Fsp3) is 0.143. The summed E-state index contributed by atoms with van der Waals surface area (Å²) in [6.07, 6.45) is 0. The van der Waals surface area contributed by atoms with E-state index in [9.17, 15) is 0 Å². The van der Waals surface area contributed by atoms with Gasteiger partial charge in [0.05, 0.1) is 0 Å². The smallest absolute Gasteiger partial charge is 0.107 e. The number of benzene rings is 2. The summed E-state index contributed by atoms with van der Waals surface area (Å²) in [6, 6.07) is 21.4. The molecule has 0 spiro atoms. The zero-order valence-corrected chi connectivity index (χ0v) is 14.4. The van der Waals surface area contributed by atoms with E-state index in [0.29, 0.717) is 0 Å². The summed E-state index contributed by atoms with van der Waals surface area (Å²) in [5, 5.41) is 0. The third kappa shape index (κ3) is 3.00. The quantitative estimate of drug-likeness (QED) is 0.506. The Balaban J connectivity index is 0.00000128. The van der Waals surface area contributed by atoms with Crippen LogP contribution < -0.4 is 0 Å². The molecule has 0 atom stereocenters. The molecule has 2 heteroatoms. The molecule has 0 bridgehead atoms. The summed E-state index contributed by atoms with van der Waals surface area (Å²) in [7, 11) is 0. The van der Waals surface area contributed by atoms with Gasteiger partial charge in [0.25, 0.3) is 0 Å². The van der Waals surface area contributed by atoms with Crippen molar-refractivity contribution >= 4 is 46.5 Å². The van der Waals surface area contributed by atoms with Crippen LogP contribution in [0.2, 0.25) is 0 Å². The zero-order chi connectivity index (χ0) is 10.7. The van der Waals surface area contributed by atoms with Gasteiger partial charge in [-0.2, -0.15) is 0 Å². The Morgan fingerprint density at radius 3 is 1.38 bits per heavy atom. The molecule has 81 valence electrons. The van der Waals surface area contributed by atoms with Gasteiger partial charge in [0.15, 0.2) is 0 Å². The van der Waals surface area contributed by atoms with E-state index in [-0.39, 0.29) is 27.4 Å². The van der Waals surface area contributed by atoms with Crippen molar-refractivity contribution in [2.75, 3.05) is 0 Å². The molecule has 0 unspecified atom stereocenters. The second-order valence-corrected chi connectivity index (χ2v) is 6.71. The van der Waals surface area contributed by atoms with Gasteiger partial charge in [-0.1, -0.05) is 0 Å². The molecule has 0 heterocycles. The van der Waals surface area contributed by atoms with E-state index in [1.54, 1.807) is 0 Å². The molecule has 0 N–H and O–H groups in total. The maximum atomic E-state index is 2.30. The van der Waals surface area contributed by atoms with E-state index in [1.807, 2.05) is 0 Å². The number of halogens is 1. The maximum Gasteiger partial charge on any atom is -0.107 e. The first-order valence-corrected chi connectivity index (χ1v) is 6.50. The van der Waals surface area contributed by atoms with Crippen molar-refractivity contribution in [3.05, 3.63) is 71.8 Å². The monoisotopic (exact) mass is 429 g/mol. The first-order chi connectivity index (χ1) is 7.21. The summed E-state index contributed by atoms with van der Waals surface area (Å²) >= 11 is 1.52. The van der Waals surface area contributed by atoms with Crippen LogP contribution >= 0.6 is 24.0 Å². The standard InChI is InChI=1S/C14H13.HI.Sn/c1-12(13-8-4-2-5-9-13)14-10-6-3-7-11-14;;/h2-11H,1H3;1H;. The predicted molar refractivity (Wildman–Crippen MR) is 80.5 cm³/mol. The number of hydrogen-bond donors (Lipinski definition) is 0. The van der Waals surface area contributed by atoms with E-state index >= 15 is 0 Å². The molecule has 16 heavy (non-hydrogen) atoms. The second-order valence-electron chi connectivity index (χ2n) is 3.86. The van der Waals surface area contributed by atoms with Gasteiger partial charge in [-0.05, 0) is 0 Å². The minimum atomic E-state index is 0. The molecule has 0 saturated carbocycles. The van der Waals surface area contributed by atoms with Gasteiger partial charge >= 0.3 is 105 Å². The predicted octanol–water partition coefficient (Wildman–Crippen LogP) is 3.74. The van der Waals surface area contributed by atoms with Gasteiger partial charge in [-0.3, -0.25) is 0 Å². The molecule has 0 amide bonds.